The van der Waals surface area contributed by atoms with Gasteiger partial charge in [-0.25, -0.2) is 12.8 Å². The molecule has 0 atom stereocenters. The number of rotatable bonds is 5. The van der Waals surface area contributed by atoms with Crippen LogP contribution in [0.1, 0.15) is 5.56 Å². The molecule has 2 rings (SSSR count). The summed E-state index contributed by atoms with van der Waals surface area (Å²) >= 11 is 5.96. The highest BCUT2D eigenvalue weighted by Gasteiger charge is 2.11. The number of carbonyl (C=O) groups is 1. The number of ether oxygens (including phenoxy) is 1. The number of carbonyl (C=O) groups excluding carboxylic acids is 1. The Morgan fingerprint density at radius 2 is 1.96 bits per heavy atom. The van der Waals surface area contributed by atoms with E-state index in [2.05, 4.69) is 5.32 Å². The Balaban J connectivity index is 2.16. The molecule has 0 heterocycles. The zero-order valence-electron chi connectivity index (χ0n) is 13.4. The summed E-state index contributed by atoms with van der Waals surface area (Å²) in [4.78, 5) is 12.0. The van der Waals surface area contributed by atoms with Crippen LogP contribution in [0.25, 0.3) is 6.08 Å². The Morgan fingerprint density at radius 3 is 2.56 bits per heavy atom. The average molecular weight is 384 g/mol. The maximum Gasteiger partial charge on any atom is 0.248 e. The smallest absolute Gasteiger partial charge is 0.248 e. The van der Waals surface area contributed by atoms with Gasteiger partial charge in [-0.1, -0.05) is 17.7 Å². The van der Waals surface area contributed by atoms with Crippen molar-refractivity contribution in [1.82, 2.24) is 0 Å². The standard InChI is InChI=1S/C17H15ClFNO4S/c1-24-16-7-3-11(9-14(16)19)4-8-17(21)20-15-10-12(25(2,22)23)5-6-13(15)18/h3-10H,1-2H3,(H,20,21). The number of nitrogens with one attached hydrogen (secondary N) is 1. The van der Waals surface area contributed by atoms with E-state index in [0.717, 1.165) is 6.26 Å². The van der Waals surface area contributed by atoms with Gasteiger partial charge in [-0.05, 0) is 42.0 Å². The van der Waals surface area contributed by atoms with Crippen molar-refractivity contribution in [2.24, 2.45) is 0 Å². The Labute approximate surface area is 150 Å². The van der Waals surface area contributed by atoms with Gasteiger partial charge in [0, 0.05) is 12.3 Å². The van der Waals surface area contributed by atoms with E-state index in [1.165, 1.54) is 49.6 Å². The Bertz CT molecular complexity index is 942. The number of anilines is 1. The van der Waals surface area contributed by atoms with Crippen molar-refractivity contribution >= 4 is 39.1 Å². The molecule has 2 aromatic carbocycles. The van der Waals surface area contributed by atoms with E-state index in [1.54, 1.807) is 6.07 Å². The molecule has 0 saturated carbocycles. The topological polar surface area (TPSA) is 72.5 Å². The lowest BCUT2D eigenvalue weighted by Crippen LogP contribution is -2.09. The van der Waals surface area contributed by atoms with E-state index in [0.29, 0.717) is 5.56 Å². The van der Waals surface area contributed by atoms with Crippen LogP contribution in [0.5, 0.6) is 5.75 Å². The summed E-state index contributed by atoms with van der Waals surface area (Å²) in [5.41, 5.74) is 0.629. The van der Waals surface area contributed by atoms with Crippen LogP contribution < -0.4 is 10.1 Å². The number of halogens is 2. The largest absolute Gasteiger partial charge is 0.494 e. The summed E-state index contributed by atoms with van der Waals surface area (Å²) in [6.07, 6.45) is 3.65. The summed E-state index contributed by atoms with van der Waals surface area (Å²) in [5.74, 6) is -0.983. The van der Waals surface area contributed by atoms with Crippen molar-refractivity contribution < 1.29 is 22.3 Å². The molecule has 0 aliphatic carbocycles. The molecule has 1 amide bonds. The van der Waals surface area contributed by atoms with Gasteiger partial charge in [0.2, 0.25) is 5.91 Å². The lowest BCUT2D eigenvalue weighted by molar-refractivity contribution is -0.111. The van der Waals surface area contributed by atoms with E-state index < -0.39 is 21.6 Å². The fourth-order valence-electron chi connectivity index (χ4n) is 1.96. The highest BCUT2D eigenvalue weighted by atomic mass is 35.5. The maximum atomic E-state index is 13.6. The molecule has 2 aromatic rings. The van der Waals surface area contributed by atoms with E-state index >= 15 is 0 Å². The van der Waals surface area contributed by atoms with Crippen LogP contribution in [0.2, 0.25) is 5.02 Å². The Hall–Kier alpha value is -2.38. The van der Waals surface area contributed by atoms with Crippen molar-refractivity contribution in [2.45, 2.75) is 4.90 Å². The maximum absolute atomic E-state index is 13.6. The van der Waals surface area contributed by atoms with E-state index in [4.69, 9.17) is 16.3 Å². The number of hydrogen-bond acceptors (Lipinski definition) is 4. The third kappa shape index (κ3) is 5.04. The second-order valence-electron chi connectivity index (χ2n) is 5.13. The van der Waals surface area contributed by atoms with Crippen LogP contribution in [-0.2, 0) is 14.6 Å². The van der Waals surface area contributed by atoms with Crippen molar-refractivity contribution in [3.63, 3.8) is 0 Å². The van der Waals surface area contributed by atoms with Gasteiger partial charge >= 0.3 is 0 Å². The van der Waals surface area contributed by atoms with Gasteiger partial charge in [-0.15, -0.1) is 0 Å². The van der Waals surface area contributed by atoms with Crippen LogP contribution >= 0.6 is 11.6 Å². The quantitative estimate of drug-likeness (QED) is 0.801. The van der Waals surface area contributed by atoms with Crippen LogP contribution in [0, 0.1) is 5.82 Å². The summed E-state index contributed by atoms with van der Waals surface area (Å²) in [5, 5.41) is 2.69. The van der Waals surface area contributed by atoms with Gasteiger partial charge in [0.05, 0.1) is 22.7 Å². The average Bonchev–Trinajstić information content (AvgIpc) is 2.54. The summed E-state index contributed by atoms with van der Waals surface area (Å²) in [6, 6.07) is 8.26. The molecule has 0 fully saturated rings. The molecular formula is C17H15ClFNO4S. The fraction of sp³-hybridized carbons (Fsp3) is 0.118. The first-order chi connectivity index (χ1) is 11.7. The summed E-state index contributed by atoms with van der Waals surface area (Å²) < 4.78 is 41.5. The monoisotopic (exact) mass is 383 g/mol. The molecule has 0 aromatic heterocycles. The molecular weight excluding hydrogens is 369 g/mol. The molecule has 25 heavy (non-hydrogen) atoms. The predicted octanol–water partition coefficient (Wildman–Crippen LogP) is 3.54. The molecule has 0 aliphatic heterocycles. The molecule has 132 valence electrons. The van der Waals surface area contributed by atoms with Crippen molar-refractivity contribution in [3.8, 4) is 5.75 Å². The zero-order chi connectivity index (χ0) is 18.6. The molecule has 1 N–H and O–H groups in total. The first-order valence-electron chi connectivity index (χ1n) is 7.03. The minimum Gasteiger partial charge on any atom is -0.494 e. The van der Waals surface area contributed by atoms with Gasteiger partial charge in [0.25, 0.3) is 0 Å². The molecule has 0 aliphatic rings. The lowest BCUT2D eigenvalue weighted by atomic mass is 10.2. The van der Waals surface area contributed by atoms with Crippen LogP contribution in [0.3, 0.4) is 0 Å². The van der Waals surface area contributed by atoms with Gasteiger partial charge in [0.1, 0.15) is 0 Å². The number of amides is 1. The van der Waals surface area contributed by atoms with Crippen LogP contribution in [0.4, 0.5) is 10.1 Å². The molecule has 0 unspecified atom stereocenters. The number of hydrogen-bond donors (Lipinski definition) is 1. The first kappa shape index (κ1) is 19.0. The van der Waals surface area contributed by atoms with Crippen molar-refractivity contribution in [3.05, 3.63) is 58.9 Å². The SMILES string of the molecule is COc1ccc(C=CC(=O)Nc2cc(S(C)(=O)=O)ccc2Cl)cc1F. The van der Waals surface area contributed by atoms with Crippen LogP contribution in [-0.4, -0.2) is 27.7 Å². The number of methoxy groups -OCH3 is 1. The van der Waals surface area contributed by atoms with Crippen molar-refractivity contribution in [1.29, 1.82) is 0 Å². The molecule has 8 heteroatoms. The number of sulfone groups is 1. The Kier molecular flexibility index (Phi) is 5.81. The molecule has 0 spiro atoms. The summed E-state index contributed by atoms with van der Waals surface area (Å²) in [7, 11) is -2.07. The minimum atomic E-state index is -3.43. The molecule has 5 nitrogen and oxygen atoms in total. The van der Waals surface area contributed by atoms with Crippen LogP contribution in [0.15, 0.2) is 47.4 Å². The predicted molar refractivity (Wildman–Crippen MR) is 95.2 cm³/mol. The highest BCUT2D eigenvalue weighted by molar-refractivity contribution is 7.90. The number of benzene rings is 2. The third-order valence-corrected chi connectivity index (χ3v) is 4.67. The van der Waals surface area contributed by atoms with Gasteiger partial charge in [-0.3, -0.25) is 4.79 Å². The Morgan fingerprint density at radius 1 is 1.24 bits per heavy atom. The minimum absolute atomic E-state index is 0.0356. The van der Waals surface area contributed by atoms with E-state index in [-0.39, 0.29) is 21.4 Å². The second-order valence-corrected chi connectivity index (χ2v) is 7.55. The first-order valence-corrected chi connectivity index (χ1v) is 9.30. The molecule has 0 radical (unpaired) electrons. The highest BCUT2D eigenvalue weighted by Crippen LogP contribution is 2.25. The lowest BCUT2D eigenvalue weighted by Gasteiger charge is -2.07. The van der Waals surface area contributed by atoms with E-state index in [9.17, 15) is 17.6 Å². The van der Waals surface area contributed by atoms with Crippen molar-refractivity contribution in [2.75, 3.05) is 18.7 Å². The normalized spacial score (nSPS) is 11.5. The molecule has 0 saturated heterocycles. The fourth-order valence-corrected chi connectivity index (χ4v) is 2.78. The van der Waals surface area contributed by atoms with E-state index in [1.807, 2.05) is 0 Å². The summed E-state index contributed by atoms with van der Waals surface area (Å²) in [6.45, 7) is 0. The molecule has 0 bridgehead atoms. The second kappa shape index (κ2) is 7.67. The third-order valence-electron chi connectivity index (χ3n) is 3.23. The zero-order valence-corrected chi connectivity index (χ0v) is 15.0. The van der Waals surface area contributed by atoms with Gasteiger partial charge in [0.15, 0.2) is 21.4 Å². The van der Waals surface area contributed by atoms with Gasteiger partial charge in [-0.2, -0.15) is 0 Å². The van der Waals surface area contributed by atoms with Gasteiger partial charge < -0.3 is 10.1 Å².